The van der Waals surface area contributed by atoms with E-state index in [1.54, 1.807) is 12.1 Å². The predicted octanol–water partition coefficient (Wildman–Crippen LogP) is 2.83. The first-order valence-electron chi connectivity index (χ1n) is 12.2. The van der Waals surface area contributed by atoms with E-state index in [0.29, 0.717) is 18.9 Å². The number of hydrogen-bond acceptors (Lipinski definition) is 7. The van der Waals surface area contributed by atoms with Gasteiger partial charge in [-0.25, -0.2) is 21.6 Å². The molecule has 2 amide bonds. The lowest BCUT2D eigenvalue weighted by molar-refractivity contribution is -0.137. The van der Waals surface area contributed by atoms with Crippen LogP contribution in [0.15, 0.2) is 58.3 Å². The van der Waals surface area contributed by atoms with E-state index in [1.807, 2.05) is 6.26 Å². The van der Waals surface area contributed by atoms with E-state index in [1.165, 1.54) is 30.0 Å². The SMILES string of the molecule is CSc1ccc(S(=O)(=O)C[C@@H]2CC[C@H](NS(C)(=O)=O)C[C@@H]2NC(=O)CNC(=O)c2cccc(C(F)(F)F)c2)cc1. The summed E-state index contributed by atoms with van der Waals surface area (Å²) in [6.07, 6.45) is -1.00. The fraction of sp³-hybridized carbons (Fsp3) is 0.440. The summed E-state index contributed by atoms with van der Waals surface area (Å²) >= 11 is 1.46. The number of sulfone groups is 1. The summed E-state index contributed by atoms with van der Waals surface area (Å²) in [6, 6.07) is 8.86. The average molecular weight is 622 g/mol. The first-order chi connectivity index (χ1) is 18.6. The zero-order valence-electron chi connectivity index (χ0n) is 21.7. The minimum Gasteiger partial charge on any atom is -0.351 e. The molecule has 0 aromatic heterocycles. The molecule has 0 bridgehead atoms. The van der Waals surface area contributed by atoms with E-state index >= 15 is 0 Å². The van der Waals surface area contributed by atoms with Gasteiger partial charge in [-0.05, 0) is 73.9 Å². The van der Waals surface area contributed by atoms with E-state index in [4.69, 9.17) is 0 Å². The number of nitrogens with one attached hydrogen (secondary N) is 3. The van der Waals surface area contributed by atoms with Gasteiger partial charge < -0.3 is 10.6 Å². The average Bonchev–Trinajstić information content (AvgIpc) is 2.87. The van der Waals surface area contributed by atoms with E-state index < -0.39 is 68.0 Å². The Morgan fingerprint density at radius 1 is 1.02 bits per heavy atom. The van der Waals surface area contributed by atoms with Crippen molar-refractivity contribution in [2.45, 2.75) is 47.3 Å². The molecule has 0 radical (unpaired) electrons. The largest absolute Gasteiger partial charge is 0.416 e. The Kier molecular flexibility index (Phi) is 10.3. The molecule has 220 valence electrons. The summed E-state index contributed by atoms with van der Waals surface area (Å²) in [6.45, 7) is -0.578. The Labute approximate surface area is 235 Å². The van der Waals surface area contributed by atoms with E-state index in [0.717, 1.165) is 23.3 Å². The van der Waals surface area contributed by atoms with Gasteiger partial charge in [-0.1, -0.05) is 6.07 Å². The summed E-state index contributed by atoms with van der Waals surface area (Å²) in [5.74, 6) is -2.43. The normalized spacial score (nSPS) is 20.1. The third-order valence-corrected chi connectivity index (χ3v) is 9.80. The lowest BCUT2D eigenvalue weighted by Gasteiger charge is -2.36. The maximum atomic E-state index is 13.1. The zero-order valence-corrected chi connectivity index (χ0v) is 24.1. The lowest BCUT2D eigenvalue weighted by Crippen LogP contribution is -2.52. The van der Waals surface area contributed by atoms with Gasteiger partial charge in [-0.3, -0.25) is 9.59 Å². The van der Waals surface area contributed by atoms with E-state index in [2.05, 4.69) is 15.4 Å². The summed E-state index contributed by atoms with van der Waals surface area (Å²) in [7, 11) is -7.31. The molecule has 0 saturated heterocycles. The number of halogens is 3. The number of alkyl halides is 3. The van der Waals surface area contributed by atoms with Gasteiger partial charge in [0, 0.05) is 22.5 Å². The van der Waals surface area contributed by atoms with Crippen molar-refractivity contribution < 1.29 is 39.6 Å². The van der Waals surface area contributed by atoms with Crippen LogP contribution < -0.4 is 15.4 Å². The van der Waals surface area contributed by atoms with Crippen molar-refractivity contribution in [3.8, 4) is 0 Å². The molecular formula is C25H30F3N3O6S3. The minimum atomic E-state index is -4.64. The van der Waals surface area contributed by atoms with Gasteiger partial charge in [0.2, 0.25) is 15.9 Å². The Balaban J connectivity index is 1.70. The number of carbonyl (C=O) groups is 2. The summed E-state index contributed by atoms with van der Waals surface area (Å²) < 4.78 is 91.2. The maximum absolute atomic E-state index is 13.1. The molecule has 3 atom stereocenters. The minimum absolute atomic E-state index is 0.117. The standard InChI is InChI=1S/C25H30F3N3O6S3/c1-38-20-8-10-21(11-9-20)40(36,37)15-17-6-7-19(31-39(2,34)35)13-22(17)30-23(32)14-29-24(33)16-4-3-5-18(12-16)25(26,27)28/h3-5,8-12,17,19,22,31H,6-7,13-15H2,1-2H3,(H,29,33)(H,30,32)/t17-,19-,22-/m0/s1. The molecule has 1 saturated carbocycles. The van der Waals surface area contributed by atoms with Gasteiger partial charge >= 0.3 is 6.18 Å². The Morgan fingerprint density at radius 2 is 1.70 bits per heavy atom. The highest BCUT2D eigenvalue weighted by molar-refractivity contribution is 7.98. The quantitative estimate of drug-likeness (QED) is 0.347. The van der Waals surface area contributed by atoms with Crippen LogP contribution >= 0.6 is 11.8 Å². The molecular weight excluding hydrogens is 591 g/mol. The van der Waals surface area contributed by atoms with Crippen LogP contribution in [0.3, 0.4) is 0 Å². The Bertz CT molecular complexity index is 1430. The summed E-state index contributed by atoms with van der Waals surface area (Å²) in [5.41, 5.74) is -1.29. The zero-order chi connectivity index (χ0) is 29.7. The van der Waals surface area contributed by atoms with Gasteiger partial charge in [0.1, 0.15) is 0 Å². The van der Waals surface area contributed by atoms with Crippen molar-refractivity contribution in [2.24, 2.45) is 5.92 Å². The highest BCUT2D eigenvalue weighted by Crippen LogP contribution is 2.30. The number of thioether (sulfide) groups is 1. The molecule has 0 spiro atoms. The van der Waals surface area contributed by atoms with Gasteiger partial charge in [0.25, 0.3) is 5.91 Å². The highest BCUT2D eigenvalue weighted by Gasteiger charge is 2.36. The first kappa shape index (κ1) is 31.9. The van der Waals surface area contributed by atoms with Crippen LogP contribution in [0, 0.1) is 5.92 Å². The predicted molar refractivity (Wildman–Crippen MR) is 145 cm³/mol. The molecule has 9 nitrogen and oxygen atoms in total. The molecule has 2 aromatic carbocycles. The number of amides is 2. The molecule has 1 aliphatic carbocycles. The lowest BCUT2D eigenvalue weighted by atomic mass is 9.83. The first-order valence-corrected chi connectivity index (χ1v) is 16.9. The third kappa shape index (κ3) is 9.21. The van der Waals surface area contributed by atoms with Crippen molar-refractivity contribution in [2.75, 3.05) is 24.8 Å². The van der Waals surface area contributed by atoms with Crippen LogP contribution in [0.5, 0.6) is 0 Å². The molecule has 0 aliphatic heterocycles. The second-order valence-electron chi connectivity index (χ2n) is 9.55. The highest BCUT2D eigenvalue weighted by atomic mass is 32.2. The number of carbonyl (C=O) groups excluding carboxylic acids is 2. The maximum Gasteiger partial charge on any atom is 0.416 e. The monoisotopic (exact) mass is 621 g/mol. The van der Waals surface area contributed by atoms with Crippen molar-refractivity contribution in [3.63, 3.8) is 0 Å². The van der Waals surface area contributed by atoms with Crippen molar-refractivity contribution >= 4 is 43.4 Å². The van der Waals surface area contributed by atoms with E-state index in [9.17, 15) is 39.6 Å². The molecule has 1 fully saturated rings. The number of benzene rings is 2. The number of sulfonamides is 1. The topological polar surface area (TPSA) is 139 Å². The number of rotatable bonds is 10. The van der Waals surface area contributed by atoms with Crippen LogP contribution in [0.2, 0.25) is 0 Å². The van der Waals surface area contributed by atoms with Gasteiger partial charge in [-0.15, -0.1) is 11.8 Å². The van der Waals surface area contributed by atoms with Crippen molar-refractivity contribution in [3.05, 3.63) is 59.7 Å². The molecule has 0 unspecified atom stereocenters. The Morgan fingerprint density at radius 3 is 2.30 bits per heavy atom. The molecule has 1 aliphatic rings. The second kappa shape index (κ2) is 12.9. The molecule has 3 rings (SSSR count). The second-order valence-corrected chi connectivity index (χ2v) is 14.2. The smallest absolute Gasteiger partial charge is 0.351 e. The van der Waals surface area contributed by atoms with Crippen LogP contribution in [0.1, 0.15) is 35.2 Å². The van der Waals surface area contributed by atoms with E-state index in [-0.39, 0.29) is 22.6 Å². The van der Waals surface area contributed by atoms with Crippen molar-refractivity contribution in [1.82, 2.24) is 15.4 Å². The van der Waals surface area contributed by atoms with Gasteiger partial charge in [0.05, 0.1) is 29.0 Å². The van der Waals surface area contributed by atoms with Crippen LogP contribution in [-0.4, -0.2) is 65.5 Å². The van der Waals surface area contributed by atoms with Crippen LogP contribution in [0.4, 0.5) is 13.2 Å². The fourth-order valence-electron chi connectivity index (χ4n) is 4.54. The fourth-order valence-corrected chi connectivity index (χ4v) is 7.47. The third-order valence-electron chi connectivity index (χ3n) is 6.43. The van der Waals surface area contributed by atoms with Gasteiger partial charge in [-0.2, -0.15) is 13.2 Å². The molecule has 2 aromatic rings. The number of hydrogen-bond donors (Lipinski definition) is 3. The molecule has 0 heterocycles. The van der Waals surface area contributed by atoms with Gasteiger partial charge in [0.15, 0.2) is 9.84 Å². The summed E-state index contributed by atoms with van der Waals surface area (Å²) in [5, 5.41) is 4.95. The van der Waals surface area contributed by atoms with Crippen LogP contribution in [-0.2, 0) is 30.8 Å². The van der Waals surface area contributed by atoms with Crippen molar-refractivity contribution in [1.29, 1.82) is 0 Å². The Hall–Kier alpha value is -2.62. The molecule has 3 N–H and O–H groups in total. The molecule has 15 heteroatoms. The molecule has 40 heavy (non-hydrogen) atoms. The summed E-state index contributed by atoms with van der Waals surface area (Å²) in [4.78, 5) is 26.1. The van der Waals surface area contributed by atoms with Crippen LogP contribution in [0.25, 0.3) is 0 Å².